The van der Waals surface area contributed by atoms with E-state index in [1.807, 2.05) is 30.3 Å². The van der Waals surface area contributed by atoms with Crippen molar-refractivity contribution in [2.24, 2.45) is 0 Å². The van der Waals surface area contributed by atoms with Crippen LogP contribution in [0.1, 0.15) is 0 Å². The van der Waals surface area contributed by atoms with Crippen molar-refractivity contribution in [1.29, 1.82) is 0 Å². The molecule has 0 spiro atoms. The molecule has 49 heavy (non-hydrogen) atoms. The molecular formula is C45H28N4. The lowest BCUT2D eigenvalue weighted by Gasteiger charge is -2.11. The molecule has 0 aliphatic rings. The van der Waals surface area contributed by atoms with Gasteiger partial charge in [-0.25, -0.2) is 15.0 Å². The lowest BCUT2D eigenvalue weighted by molar-refractivity contribution is 1.07. The first kappa shape index (κ1) is 27.5. The molecule has 0 N–H and O–H groups in total. The summed E-state index contributed by atoms with van der Waals surface area (Å²) in [7, 11) is 0. The molecule has 0 fully saturated rings. The van der Waals surface area contributed by atoms with Crippen LogP contribution in [0.4, 0.5) is 0 Å². The highest BCUT2D eigenvalue weighted by atomic mass is 15.0. The van der Waals surface area contributed by atoms with Gasteiger partial charge >= 0.3 is 0 Å². The smallest absolute Gasteiger partial charge is 0.164 e. The van der Waals surface area contributed by atoms with Gasteiger partial charge in [-0.1, -0.05) is 127 Å². The standard InChI is InChI=1S/C45H28N4/c1-2-13-32(14-3-1)43-46-44(48-45(47-43)35-19-18-29-10-4-5-15-34(29)28-35)33-20-24-36(25-21-33)49-39-26-22-30-11-6-8-16-37(30)41(39)42-38-17-9-7-12-31(38)23-27-40(42)49/h1-28H. The van der Waals surface area contributed by atoms with E-state index in [1.54, 1.807) is 0 Å². The third-order valence-electron chi connectivity index (χ3n) is 9.60. The molecule has 8 aromatic carbocycles. The highest BCUT2D eigenvalue weighted by molar-refractivity contribution is 6.28. The van der Waals surface area contributed by atoms with Gasteiger partial charge in [0, 0.05) is 33.2 Å². The lowest BCUT2D eigenvalue weighted by Crippen LogP contribution is -2.00. The monoisotopic (exact) mass is 624 g/mol. The van der Waals surface area contributed by atoms with Crippen LogP contribution in [0.3, 0.4) is 0 Å². The summed E-state index contributed by atoms with van der Waals surface area (Å²) in [4.78, 5) is 15.0. The maximum absolute atomic E-state index is 5.04. The van der Waals surface area contributed by atoms with E-state index < -0.39 is 0 Å². The molecule has 0 saturated heterocycles. The molecule has 10 aromatic rings. The Morgan fingerprint density at radius 1 is 0.327 bits per heavy atom. The summed E-state index contributed by atoms with van der Waals surface area (Å²) >= 11 is 0. The normalized spacial score (nSPS) is 11.7. The van der Waals surface area contributed by atoms with Crippen LogP contribution >= 0.6 is 0 Å². The van der Waals surface area contributed by atoms with Crippen LogP contribution in [0.5, 0.6) is 0 Å². The summed E-state index contributed by atoms with van der Waals surface area (Å²) in [6.07, 6.45) is 0. The Morgan fingerprint density at radius 2 is 0.776 bits per heavy atom. The van der Waals surface area contributed by atoms with Gasteiger partial charge in [0.05, 0.1) is 11.0 Å². The molecule has 4 heteroatoms. The van der Waals surface area contributed by atoms with Crippen LogP contribution < -0.4 is 0 Å². The SMILES string of the molecule is c1ccc(-c2nc(-c3ccc(-n4c5ccc6ccccc6c5c5c6ccccc6ccc54)cc3)nc(-c3ccc4ccccc4c3)n2)cc1. The van der Waals surface area contributed by atoms with Gasteiger partial charge < -0.3 is 4.57 Å². The summed E-state index contributed by atoms with van der Waals surface area (Å²) in [6, 6.07) is 59.8. The van der Waals surface area contributed by atoms with Crippen LogP contribution in [-0.4, -0.2) is 19.5 Å². The Labute approximate surface area is 282 Å². The molecule has 2 heterocycles. The summed E-state index contributed by atoms with van der Waals surface area (Å²) in [6.45, 7) is 0. The Balaban J connectivity index is 1.16. The molecule has 2 aromatic heterocycles. The average Bonchev–Trinajstić information content (AvgIpc) is 3.53. The van der Waals surface area contributed by atoms with Crippen LogP contribution in [0, 0.1) is 0 Å². The fraction of sp³-hybridized carbons (Fsp3) is 0. The summed E-state index contributed by atoms with van der Waals surface area (Å²) in [5, 5.41) is 9.89. The van der Waals surface area contributed by atoms with Crippen molar-refractivity contribution < 1.29 is 0 Å². The predicted molar refractivity (Wildman–Crippen MR) is 203 cm³/mol. The molecule has 228 valence electrons. The predicted octanol–water partition coefficient (Wildman–Crippen LogP) is 11.4. The molecule has 0 atom stereocenters. The first-order valence-electron chi connectivity index (χ1n) is 16.5. The Bertz CT molecular complexity index is 2780. The molecular weight excluding hydrogens is 597 g/mol. The van der Waals surface area contributed by atoms with Crippen molar-refractivity contribution in [3.63, 3.8) is 0 Å². The second kappa shape index (κ2) is 11.0. The first-order valence-corrected chi connectivity index (χ1v) is 16.5. The molecule has 0 radical (unpaired) electrons. The van der Waals surface area contributed by atoms with Gasteiger partial charge in [0.15, 0.2) is 17.5 Å². The third-order valence-corrected chi connectivity index (χ3v) is 9.60. The van der Waals surface area contributed by atoms with Crippen LogP contribution in [-0.2, 0) is 0 Å². The van der Waals surface area contributed by atoms with Crippen LogP contribution in [0.2, 0.25) is 0 Å². The van der Waals surface area contributed by atoms with E-state index in [0.29, 0.717) is 17.5 Å². The van der Waals surface area contributed by atoms with E-state index >= 15 is 0 Å². The molecule has 0 saturated carbocycles. The Kier molecular flexibility index (Phi) is 6.15. The summed E-state index contributed by atoms with van der Waals surface area (Å²) < 4.78 is 2.39. The second-order valence-corrected chi connectivity index (χ2v) is 12.5. The van der Waals surface area contributed by atoms with Crippen molar-refractivity contribution in [3.05, 3.63) is 170 Å². The van der Waals surface area contributed by atoms with Gasteiger partial charge in [-0.2, -0.15) is 0 Å². The number of rotatable bonds is 4. The number of hydrogen-bond donors (Lipinski definition) is 0. The number of nitrogens with zero attached hydrogens (tertiary/aromatic N) is 4. The Hall–Kier alpha value is -6.65. The van der Waals surface area contributed by atoms with Crippen molar-refractivity contribution in [3.8, 4) is 39.9 Å². The second-order valence-electron chi connectivity index (χ2n) is 12.5. The molecule has 0 bridgehead atoms. The highest BCUT2D eigenvalue weighted by Gasteiger charge is 2.18. The number of fused-ring (bicyclic) bond motifs is 8. The van der Waals surface area contributed by atoms with E-state index in [1.165, 1.54) is 48.7 Å². The van der Waals surface area contributed by atoms with E-state index in [2.05, 4.69) is 144 Å². The Morgan fingerprint density at radius 3 is 1.39 bits per heavy atom. The summed E-state index contributed by atoms with van der Waals surface area (Å²) in [5.74, 6) is 1.95. The largest absolute Gasteiger partial charge is 0.309 e. The number of hydrogen-bond acceptors (Lipinski definition) is 3. The zero-order valence-electron chi connectivity index (χ0n) is 26.5. The van der Waals surface area contributed by atoms with Gasteiger partial charge in [-0.15, -0.1) is 0 Å². The van der Waals surface area contributed by atoms with Crippen molar-refractivity contribution in [1.82, 2.24) is 19.5 Å². The maximum Gasteiger partial charge on any atom is 0.164 e. The number of benzene rings is 8. The fourth-order valence-corrected chi connectivity index (χ4v) is 7.26. The minimum Gasteiger partial charge on any atom is -0.309 e. The van der Waals surface area contributed by atoms with Crippen LogP contribution in [0.15, 0.2) is 170 Å². The van der Waals surface area contributed by atoms with Gasteiger partial charge in [0.25, 0.3) is 0 Å². The minimum atomic E-state index is 0.641. The van der Waals surface area contributed by atoms with Gasteiger partial charge in [0.1, 0.15) is 0 Å². The molecule has 4 nitrogen and oxygen atoms in total. The van der Waals surface area contributed by atoms with Gasteiger partial charge in [-0.05, 0) is 74.8 Å². The van der Waals surface area contributed by atoms with Crippen molar-refractivity contribution in [2.45, 2.75) is 0 Å². The quantitative estimate of drug-likeness (QED) is 0.196. The lowest BCUT2D eigenvalue weighted by atomic mass is 10.00. The molecule has 10 rings (SSSR count). The summed E-state index contributed by atoms with van der Waals surface area (Å²) in [5.41, 5.74) is 6.30. The van der Waals surface area contributed by atoms with E-state index in [9.17, 15) is 0 Å². The van der Waals surface area contributed by atoms with E-state index in [-0.39, 0.29) is 0 Å². The zero-order valence-corrected chi connectivity index (χ0v) is 26.5. The van der Waals surface area contributed by atoms with E-state index in [0.717, 1.165) is 27.8 Å². The highest BCUT2D eigenvalue weighted by Crippen LogP contribution is 2.40. The fourth-order valence-electron chi connectivity index (χ4n) is 7.26. The van der Waals surface area contributed by atoms with E-state index in [4.69, 9.17) is 15.0 Å². The molecule has 0 amide bonds. The molecule has 0 aliphatic heterocycles. The zero-order chi connectivity index (χ0) is 32.3. The average molecular weight is 625 g/mol. The van der Waals surface area contributed by atoms with Crippen molar-refractivity contribution >= 4 is 54.1 Å². The molecule has 0 aliphatic carbocycles. The topological polar surface area (TPSA) is 43.6 Å². The first-order chi connectivity index (χ1) is 24.3. The van der Waals surface area contributed by atoms with Gasteiger partial charge in [-0.3, -0.25) is 0 Å². The third kappa shape index (κ3) is 4.49. The van der Waals surface area contributed by atoms with Crippen LogP contribution in [0.25, 0.3) is 94.0 Å². The van der Waals surface area contributed by atoms with Crippen molar-refractivity contribution in [2.75, 3.05) is 0 Å². The minimum absolute atomic E-state index is 0.641. The molecule has 0 unspecified atom stereocenters. The number of aromatic nitrogens is 4. The maximum atomic E-state index is 5.04. The van der Waals surface area contributed by atoms with Gasteiger partial charge in [0.2, 0.25) is 0 Å².